The van der Waals surface area contributed by atoms with Crippen LogP contribution in [0, 0.1) is 5.82 Å². The van der Waals surface area contributed by atoms with Crippen LogP contribution >= 0.6 is 0 Å². The van der Waals surface area contributed by atoms with Gasteiger partial charge in [0.25, 0.3) is 0 Å². The minimum Gasteiger partial charge on any atom is -0.435 e. The van der Waals surface area contributed by atoms with E-state index in [2.05, 4.69) is 20.4 Å². The third kappa shape index (κ3) is 6.82. The standard InChI is InChI=1S/C19H21F3N4O2/c1-23-19(24-11-17(27)25-15-7-5-14(20)6-8-15)26(2)12-13-3-9-16(10-4-13)28-18(21)22/h3-10,18H,11-12H2,1-2H3,(H,23,24)(H,25,27). The zero-order chi connectivity index (χ0) is 20.5. The molecule has 0 fully saturated rings. The molecule has 0 aliphatic heterocycles. The van der Waals surface area contributed by atoms with Crippen molar-refractivity contribution in [1.82, 2.24) is 10.2 Å². The predicted octanol–water partition coefficient (Wildman–Crippen LogP) is 3.07. The van der Waals surface area contributed by atoms with Crippen molar-refractivity contribution in [2.24, 2.45) is 4.99 Å². The van der Waals surface area contributed by atoms with E-state index in [1.165, 1.54) is 36.4 Å². The summed E-state index contributed by atoms with van der Waals surface area (Å²) in [6.07, 6.45) is 0. The molecule has 0 heterocycles. The van der Waals surface area contributed by atoms with E-state index >= 15 is 0 Å². The maximum atomic E-state index is 12.9. The van der Waals surface area contributed by atoms with E-state index in [1.54, 1.807) is 31.1 Å². The van der Waals surface area contributed by atoms with Gasteiger partial charge in [-0.05, 0) is 42.0 Å². The summed E-state index contributed by atoms with van der Waals surface area (Å²) in [5, 5.41) is 5.57. The lowest BCUT2D eigenvalue weighted by atomic mass is 10.2. The Morgan fingerprint density at radius 3 is 2.36 bits per heavy atom. The van der Waals surface area contributed by atoms with Gasteiger partial charge in [-0.1, -0.05) is 12.1 Å². The molecule has 2 aromatic carbocycles. The lowest BCUT2D eigenvalue weighted by Gasteiger charge is -2.22. The molecule has 0 spiro atoms. The van der Waals surface area contributed by atoms with Gasteiger partial charge in [0.2, 0.25) is 5.91 Å². The number of nitrogens with one attached hydrogen (secondary N) is 2. The summed E-state index contributed by atoms with van der Waals surface area (Å²) in [5.74, 6) is -0.134. The Morgan fingerprint density at radius 2 is 1.79 bits per heavy atom. The number of amides is 1. The van der Waals surface area contributed by atoms with Gasteiger partial charge in [0, 0.05) is 26.3 Å². The number of hydrogen-bond donors (Lipinski definition) is 2. The summed E-state index contributed by atoms with van der Waals surface area (Å²) in [4.78, 5) is 17.9. The van der Waals surface area contributed by atoms with Crippen LogP contribution in [0.3, 0.4) is 0 Å². The van der Waals surface area contributed by atoms with E-state index in [4.69, 9.17) is 0 Å². The zero-order valence-electron chi connectivity index (χ0n) is 15.5. The molecule has 0 atom stereocenters. The smallest absolute Gasteiger partial charge is 0.387 e. The number of aliphatic imine (C=N–C) groups is 1. The molecule has 6 nitrogen and oxygen atoms in total. The second-order valence-electron chi connectivity index (χ2n) is 5.83. The number of rotatable bonds is 7. The maximum absolute atomic E-state index is 12.9. The van der Waals surface area contributed by atoms with E-state index < -0.39 is 6.61 Å². The summed E-state index contributed by atoms with van der Waals surface area (Å²) in [5.41, 5.74) is 1.34. The van der Waals surface area contributed by atoms with Gasteiger partial charge in [-0.2, -0.15) is 8.78 Å². The van der Waals surface area contributed by atoms with Crippen molar-refractivity contribution in [2.75, 3.05) is 26.0 Å². The fourth-order valence-electron chi connectivity index (χ4n) is 2.41. The molecule has 28 heavy (non-hydrogen) atoms. The molecule has 150 valence electrons. The number of guanidine groups is 1. The SMILES string of the molecule is CN=C(NCC(=O)Nc1ccc(F)cc1)N(C)Cc1ccc(OC(F)F)cc1. The van der Waals surface area contributed by atoms with Gasteiger partial charge in [-0.3, -0.25) is 9.79 Å². The molecule has 9 heteroatoms. The third-order valence-electron chi connectivity index (χ3n) is 3.68. The highest BCUT2D eigenvalue weighted by Gasteiger charge is 2.10. The lowest BCUT2D eigenvalue weighted by Crippen LogP contribution is -2.42. The monoisotopic (exact) mass is 394 g/mol. The van der Waals surface area contributed by atoms with E-state index in [9.17, 15) is 18.0 Å². The van der Waals surface area contributed by atoms with Crippen LogP contribution in [0.25, 0.3) is 0 Å². The van der Waals surface area contributed by atoms with Crippen molar-refractivity contribution < 1.29 is 22.7 Å². The molecule has 2 aromatic rings. The highest BCUT2D eigenvalue weighted by molar-refractivity contribution is 5.94. The largest absolute Gasteiger partial charge is 0.435 e. The minimum absolute atomic E-state index is 0.0322. The van der Waals surface area contributed by atoms with Crippen LogP contribution in [0.1, 0.15) is 5.56 Å². The van der Waals surface area contributed by atoms with E-state index in [0.717, 1.165) is 5.56 Å². The second kappa shape index (κ2) is 10.2. The average Bonchev–Trinajstić information content (AvgIpc) is 2.65. The molecule has 2 N–H and O–H groups in total. The number of ether oxygens (including phenoxy) is 1. The van der Waals surface area contributed by atoms with Crippen LogP contribution < -0.4 is 15.4 Å². The van der Waals surface area contributed by atoms with Crippen molar-refractivity contribution in [3.63, 3.8) is 0 Å². The Kier molecular flexibility index (Phi) is 7.67. The number of carbonyl (C=O) groups excluding carboxylic acids is 1. The fraction of sp³-hybridized carbons (Fsp3) is 0.263. The number of anilines is 1. The summed E-state index contributed by atoms with van der Waals surface area (Å²) in [6, 6.07) is 11.7. The number of halogens is 3. The van der Waals surface area contributed by atoms with Crippen LogP contribution in [-0.4, -0.2) is 44.0 Å². The minimum atomic E-state index is -2.86. The Balaban J connectivity index is 1.84. The highest BCUT2D eigenvalue weighted by Crippen LogP contribution is 2.15. The Bertz CT molecular complexity index is 796. The molecular weight excluding hydrogens is 373 g/mol. The van der Waals surface area contributed by atoms with Crippen molar-refractivity contribution in [1.29, 1.82) is 0 Å². The summed E-state index contributed by atoms with van der Waals surface area (Å²) in [7, 11) is 3.35. The number of alkyl halides is 2. The number of benzene rings is 2. The quantitative estimate of drug-likeness (QED) is 0.560. The van der Waals surface area contributed by atoms with Crippen LogP contribution in [-0.2, 0) is 11.3 Å². The first-order valence-electron chi connectivity index (χ1n) is 8.38. The second-order valence-corrected chi connectivity index (χ2v) is 5.83. The van der Waals surface area contributed by atoms with Crippen molar-refractivity contribution in [3.05, 3.63) is 59.9 Å². The Morgan fingerprint density at radius 1 is 1.14 bits per heavy atom. The molecule has 0 unspecified atom stereocenters. The number of hydrogen-bond acceptors (Lipinski definition) is 3. The van der Waals surface area contributed by atoms with Crippen molar-refractivity contribution in [3.8, 4) is 5.75 Å². The molecular formula is C19H21F3N4O2. The molecule has 0 aromatic heterocycles. The fourth-order valence-corrected chi connectivity index (χ4v) is 2.41. The number of nitrogens with zero attached hydrogens (tertiary/aromatic N) is 2. The Labute approximate surface area is 161 Å². The van der Waals surface area contributed by atoms with Crippen molar-refractivity contribution >= 4 is 17.6 Å². The third-order valence-corrected chi connectivity index (χ3v) is 3.68. The molecule has 2 rings (SSSR count). The molecule has 0 aliphatic carbocycles. The summed E-state index contributed by atoms with van der Waals surface area (Å²) < 4.78 is 41.6. The average molecular weight is 394 g/mol. The van der Waals surface area contributed by atoms with Gasteiger partial charge in [0.1, 0.15) is 11.6 Å². The van der Waals surface area contributed by atoms with Gasteiger partial charge in [0.05, 0.1) is 6.54 Å². The number of carbonyl (C=O) groups is 1. The van der Waals surface area contributed by atoms with E-state index in [-0.39, 0.29) is 24.0 Å². The van der Waals surface area contributed by atoms with E-state index in [0.29, 0.717) is 18.2 Å². The van der Waals surface area contributed by atoms with Crippen LogP contribution in [0.4, 0.5) is 18.9 Å². The molecule has 0 bridgehead atoms. The van der Waals surface area contributed by atoms with Crippen LogP contribution in [0.5, 0.6) is 5.75 Å². The first-order valence-corrected chi connectivity index (χ1v) is 8.38. The lowest BCUT2D eigenvalue weighted by molar-refractivity contribution is -0.115. The van der Waals surface area contributed by atoms with Gasteiger partial charge < -0.3 is 20.3 Å². The topological polar surface area (TPSA) is 66.0 Å². The van der Waals surface area contributed by atoms with Gasteiger partial charge >= 0.3 is 6.61 Å². The Hall–Kier alpha value is -3.23. The highest BCUT2D eigenvalue weighted by atomic mass is 19.3. The zero-order valence-corrected chi connectivity index (χ0v) is 15.5. The van der Waals surface area contributed by atoms with Gasteiger partial charge in [0.15, 0.2) is 5.96 Å². The predicted molar refractivity (Wildman–Crippen MR) is 101 cm³/mol. The van der Waals surface area contributed by atoms with E-state index in [1.807, 2.05) is 0 Å². The maximum Gasteiger partial charge on any atom is 0.387 e. The molecule has 1 amide bonds. The van der Waals surface area contributed by atoms with Crippen LogP contribution in [0.2, 0.25) is 0 Å². The molecule has 0 saturated carbocycles. The molecule has 0 radical (unpaired) electrons. The summed E-state index contributed by atoms with van der Waals surface area (Å²) in [6.45, 7) is -2.46. The normalized spacial score (nSPS) is 11.3. The van der Waals surface area contributed by atoms with Crippen molar-refractivity contribution in [2.45, 2.75) is 13.2 Å². The van der Waals surface area contributed by atoms with Gasteiger partial charge in [-0.25, -0.2) is 4.39 Å². The first-order chi connectivity index (χ1) is 13.4. The van der Waals surface area contributed by atoms with Gasteiger partial charge in [-0.15, -0.1) is 0 Å². The molecule has 0 saturated heterocycles. The molecule has 0 aliphatic rings. The first kappa shape index (κ1) is 21.1. The summed E-state index contributed by atoms with van der Waals surface area (Å²) >= 11 is 0. The van der Waals surface area contributed by atoms with Crippen LogP contribution in [0.15, 0.2) is 53.5 Å².